The quantitative estimate of drug-likeness (QED) is 0.922. The number of rotatable bonds is 4. The Balaban J connectivity index is 1.71. The Hall–Kier alpha value is -2.00. The maximum absolute atomic E-state index is 5.82. The van der Waals surface area contributed by atoms with E-state index in [1.54, 1.807) is 0 Å². The van der Waals surface area contributed by atoms with E-state index in [0.717, 1.165) is 37.7 Å². The summed E-state index contributed by atoms with van der Waals surface area (Å²) in [6.45, 7) is 3.46. The molecule has 1 N–H and O–H groups in total. The Kier molecular flexibility index (Phi) is 3.88. The standard InChI is InChI=1S/C17H20N2O/c1-19(12-14-6-3-2-4-7-14)13-15-8-5-9-16-17(15)20-11-10-18-16/h2-9,18H,10-13H2,1H3. The van der Waals surface area contributed by atoms with Gasteiger partial charge in [0.05, 0.1) is 5.69 Å². The van der Waals surface area contributed by atoms with Crippen LogP contribution in [0.25, 0.3) is 0 Å². The van der Waals surface area contributed by atoms with Crippen molar-refractivity contribution in [3.05, 3.63) is 59.7 Å². The molecule has 0 fully saturated rings. The van der Waals surface area contributed by atoms with Crippen LogP contribution < -0.4 is 10.1 Å². The molecule has 0 spiro atoms. The van der Waals surface area contributed by atoms with Crippen molar-refractivity contribution in [3.8, 4) is 5.75 Å². The van der Waals surface area contributed by atoms with Crippen LogP contribution in [0.5, 0.6) is 5.75 Å². The lowest BCUT2D eigenvalue weighted by molar-refractivity contribution is 0.291. The Morgan fingerprint density at radius 3 is 2.75 bits per heavy atom. The molecule has 0 aromatic heterocycles. The van der Waals surface area contributed by atoms with E-state index in [0.29, 0.717) is 0 Å². The third kappa shape index (κ3) is 2.94. The summed E-state index contributed by atoms with van der Waals surface area (Å²) in [6.07, 6.45) is 0. The molecule has 104 valence electrons. The second kappa shape index (κ2) is 5.97. The van der Waals surface area contributed by atoms with Crippen LogP contribution in [-0.4, -0.2) is 25.1 Å². The van der Waals surface area contributed by atoms with E-state index in [-0.39, 0.29) is 0 Å². The molecule has 3 heteroatoms. The predicted octanol–water partition coefficient (Wildman–Crippen LogP) is 3.12. The summed E-state index contributed by atoms with van der Waals surface area (Å²) in [5, 5.41) is 3.38. The fourth-order valence-corrected chi connectivity index (χ4v) is 2.60. The number of nitrogens with one attached hydrogen (secondary N) is 1. The summed E-state index contributed by atoms with van der Waals surface area (Å²) < 4.78 is 5.82. The Morgan fingerprint density at radius 1 is 1.05 bits per heavy atom. The first kappa shape index (κ1) is 13.0. The van der Waals surface area contributed by atoms with Crippen molar-refractivity contribution in [1.82, 2.24) is 4.90 Å². The van der Waals surface area contributed by atoms with Gasteiger partial charge in [-0.05, 0) is 18.7 Å². The highest BCUT2D eigenvalue weighted by atomic mass is 16.5. The minimum absolute atomic E-state index is 0.742. The number of anilines is 1. The molecular formula is C17H20N2O. The highest BCUT2D eigenvalue weighted by Crippen LogP contribution is 2.31. The molecule has 0 saturated carbocycles. The van der Waals surface area contributed by atoms with Gasteiger partial charge in [-0.3, -0.25) is 4.90 Å². The zero-order valence-corrected chi connectivity index (χ0v) is 11.8. The average Bonchev–Trinajstić information content (AvgIpc) is 2.48. The first-order valence-electron chi connectivity index (χ1n) is 7.04. The molecule has 0 unspecified atom stereocenters. The highest BCUT2D eigenvalue weighted by Gasteiger charge is 2.14. The van der Waals surface area contributed by atoms with Crippen molar-refractivity contribution in [2.24, 2.45) is 0 Å². The number of hydrogen-bond acceptors (Lipinski definition) is 3. The van der Waals surface area contributed by atoms with Gasteiger partial charge >= 0.3 is 0 Å². The molecule has 2 aromatic rings. The van der Waals surface area contributed by atoms with Gasteiger partial charge in [0.25, 0.3) is 0 Å². The Labute approximate surface area is 120 Å². The Bertz CT molecular complexity index is 568. The molecular weight excluding hydrogens is 248 g/mol. The second-order valence-corrected chi connectivity index (χ2v) is 5.23. The molecule has 1 aliphatic heterocycles. The molecule has 2 aromatic carbocycles. The molecule has 0 bridgehead atoms. The van der Waals surface area contributed by atoms with Crippen molar-refractivity contribution in [1.29, 1.82) is 0 Å². The van der Waals surface area contributed by atoms with E-state index in [9.17, 15) is 0 Å². The second-order valence-electron chi connectivity index (χ2n) is 5.23. The van der Waals surface area contributed by atoms with Crippen LogP contribution in [0.1, 0.15) is 11.1 Å². The van der Waals surface area contributed by atoms with Gasteiger partial charge in [0, 0.05) is 25.2 Å². The van der Waals surface area contributed by atoms with E-state index < -0.39 is 0 Å². The average molecular weight is 268 g/mol. The third-order valence-corrected chi connectivity index (χ3v) is 3.50. The van der Waals surface area contributed by atoms with Gasteiger partial charge < -0.3 is 10.1 Å². The lowest BCUT2D eigenvalue weighted by atomic mass is 10.1. The lowest BCUT2D eigenvalue weighted by Crippen LogP contribution is -2.22. The highest BCUT2D eigenvalue weighted by molar-refractivity contribution is 5.61. The summed E-state index contributed by atoms with van der Waals surface area (Å²) in [7, 11) is 2.14. The molecule has 0 saturated heterocycles. The zero-order chi connectivity index (χ0) is 13.8. The van der Waals surface area contributed by atoms with Crippen LogP contribution in [0.15, 0.2) is 48.5 Å². The summed E-state index contributed by atoms with van der Waals surface area (Å²) in [5.74, 6) is 1.01. The Morgan fingerprint density at radius 2 is 1.90 bits per heavy atom. The molecule has 3 nitrogen and oxygen atoms in total. The van der Waals surface area contributed by atoms with Crippen LogP contribution in [-0.2, 0) is 13.1 Å². The van der Waals surface area contributed by atoms with E-state index in [2.05, 4.69) is 65.8 Å². The number of ether oxygens (including phenoxy) is 1. The fourth-order valence-electron chi connectivity index (χ4n) is 2.60. The van der Waals surface area contributed by atoms with Crippen molar-refractivity contribution >= 4 is 5.69 Å². The van der Waals surface area contributed by atoms with Crippen molar-refractivity contribution in [2.45, 2.75) is 13.1 Å². The summed E-state index contributed by atoms with van der Waals surface area (Å²) in [5.41, 5.74) is 3.69. The van der Waals surface area contributed by atoms with Gasteiger partial charge in [0.15, 0.2) is 0 Å². The number of hydrogen-bond donors (Lipinski definition) is 1. The molecule has 0 atom stereocenters. The molecule has 1 heterocycles. The van der Waals surface area contributed by atoms with Gasteiger partial charge in [-0.1, -0.05) is 42.5 Å². The molecule has 1 aliphatic rings. The van der Waals surface area contributed by atoms with E-state index in [1.165, 1.54) is 11.1 Å². The smallest absolute Gasteiger partial charge is 0.146 e. The normalized spacial score (nSPS) is 13.5. The summed E-state index contributed by atoms with van der Waals surface area (Å²) >= 11 is 0. The number of fused-ring (bicyclic) bond motifs is 1. The van der Waals surface area contributed by atoms with E-state index in [4.69, 9.17) is 4.74 Å². The van der Waals surface area contributed by atoms with Crippen LogP contribution in [0.4, 0.5) is 5.69 Å². The van der Waals surface area contributed by atoms with Crippen LogP contribution in [0, 0.1) is 0 Å². The van der Waals surface area contributed by atoms with Crippen molar-refractivity contribution in [2.75, 3.05) is 25.5 Å². The van der Waals surface area contributed by atoms with Gasteiger partial charge in [-0.25, -0.2) is 0 Å². The van der Waals surface area contributed by atoms with Gasteiger partial charge in [0.2, 0.25) is 0 Å². The maximum atomic E-state index is 5.82. The van der Waals surface area contributed by atoms with Crippen LogP contribution in [0.2, 0.25) is 0 Å². The molecule has 3 rings (SSSR count). The fraction of sp³-hybridized carbons (Fsp3) is 0.294. The van der Waals surface area contributed by atoms with E-state index in [1.807, 2.05) is 0 Å². The van der Waals surface area contributed by atoms with Crippen molar-refractivity contribution < 1.29 is 4.74 Å². The topological polar surface area (TPSA) is 24.5 Å². The van der Waals surface area contributed by atoms with Crippen LogP contribution in [0.3, 0.4) is 0 Å². The first-order chi connectivity index (χ1) is 9.83. The maximum Gasteiger partial charge on any atom is 0.146 e. The third-order valence-electron chi connectivity index (χ3n) is 3.50. The molecule has 0 radical (unpaired) electrons. The monoisotopic (exact) mass is 268 g/mol. The molecule has 0 aliphatic carbocycles. The predicted molar refractivity (Wildman–Crippen MR) is 82.0 cm³/mol. The number of para-hydroxylation sites is 1. The minimum atomic E-state index is 0.742. The van der Waals surface area contributed by atoms with Gasteiger partial charge in [-0.2, -0.15) is 0 Å². The van der Waals surface area contributed by atoms with Gasteiger partial charge in [0.1, 0.15) is 12.4 Å². The molecule has 20 heavy (non-hydrogen) atoms. The summed E-state index contributed by atoms with van der Waals surface area (Å²) in [6, 6.07) is 16.9. The molecule has 0 amide bonds. The first-order valence-corrected chi connectivity index (χ1v) is 7.04. The SMILES string of the molecule is CN(Cc1ccccc1)Cc1cccc2c1OCCN2. The number of benzene rings is 2. The van der Waals surface area contributed by atoms with Crippen LogP contribution >= 0.6 is 0 Å². The summed E-state index contributed by atoms with van der Waals surface area (Å²) in [4.78, 5) is 2.31. The minimum Gasteiger partial charge on any atom is -0.489 e. The largest absolute Gasteiger partial charge is 0.489 e. The van der Waals surface area contributed by atoms with Gasteiger partial charge in [-0.15, -0.1) is 0 Å². The number of nitrogens with zero attached hydrogens (tertiary/aromatic N) is 1. The zero-order valence-electron chi connectivity index (χ0n) is 11.8. The van der Waals surface area contributed by atoms with E-state index >= 15 is 0 Å². The lowest BCUT2D eigenvalue weighted by Gasteiger charge is -2.24. The van der Waals surface area contributed by atoms with Crippen molar-refractivity contribution in [3.63, 3.8) is 0 Å².